The van der Waals surface area contributed by atoms with Gasteiger partial charge in [-0.1, -0.05) is 26.0 Å². The summed E-state index contributed by atoms with van der Waals surface area (Å²) in [6.07, 6.45) is 3.00. The van der Waals surface area contributed by atoms with E-state index >= 15 is 0 Å². The zero-order chi connectivity index (χ0) is 20.0. The summed E-state index contributed by atoms with van der Waals surface area (Å²) < 4.78 is 15.8. The lowest BCUT2D eigenvalue weighted by Gasteiger charge is -2.19. The number of halogens is 1. The molecule has 0 fully saturated rings. The number of nitrogens with zero attached hydrogens (tertiary/aromatic N) is 5. The molecule has 0 saturated carbocycles. The minimum absolute atomic E-state index is 0.0238. The van der Waals surface area contributed by atoms with E-state index in [0.717, 1.165) is 4.57 Å². The van der Waals surface area contributed by atoms with Gasteiger partial charge in [0, 0.05) is 11.8 Å². The van der Waals surface area contributed by atoms with Crippen molar-refractivity contribution in [3.05, 3.63) is 58.9 Å². The van der Waals surface area contributed by atoms with Crippen molar-refractivity contribution in [3.63, 3.8) is 0 Å². The van der Waals surface area contributed by atoms with Gasteiger partial charge in [-0.15, -0.1) is 10.2 Å². The molecule has 0 unspecified atom stereocenters. The van der Waals surface area contributed by atoms with Gasteiger partial charge >= 0.3 is 5.97 Å². The van der Waals surface area contributed by atoms with Gasteiger partial charge in [0.25, 0.3) is 5.56 Å². The fourth-order valence-electron chi connectivity index (χ4n) is 3.28. The van der Waals surface area contributed by atoms with Crippen molar-refractivity contribution >= 4 is 22.6 Å². The molecule has 8 nitrogen and oxygen atoms in total. The Kier molecular flexibility index (Phi) is 4.14. The molecular formula is C19H16FN5O3. The van der Waals surface area contributed by atoms with Gasteiger partial charge in [-0.2, -0.15) is 5.10 Å². The summed E-state index contributed by atoms with van der Waals surface area (Å²) in [4.78, 5) is 24.4. The number of pyridine rings is 1. The number of rotatable bonds is 4. The third-order valence-corrected chi connectivity index (χ3v) is 4.63. The van der Waals surface area contributed by atoms with E-state index in [1.54, 1.807) is 38.2 Å². The van der Waals surface area contributed by atoms with E-state index in [-0.39, 0.29) is 17.3 Å². The minimum atomic E-state index is -1.09. The summed E-state index contributed by atoms with van der Waals surface area (Å²) in [6, 6.07) is 6.47. The molecule has 0 spiro atoms. The van der Waals surface area contributed by atoms with Gasteiger partial charge in [-0.25, -0.2) is 13.7 Å². The smallest absolute Gasteiger partial charge is 0.327 e. The maximum atomic E-state index is 13.2. The molecular weight excluding hydrogens is 365 g/mol. The number of hydrogen-bond acceptors (Lipinski definition) is 5. The molecule has 3 aromatic heterocycles. The van der Waals surface area contributed by atoms with Gasteiger partial charge < -0.3 is 5.11 Å². The predicted octanol–water partition coefficient (Wildman–Crippen LogP) is 2.53. The number of carbonyl (C=O) groups is 1. The summed E-state index contributed by atoms with van der Waals surface area (Å²) in [5.74, 6) is -1.74. The van der Waals surface area contributed by atoms with Crippen LogP contribution < -0.4 is 5.56 Å². The van der Waals surface area contributed by atoms with E-state index < -0.39 is 17.6 Å². The van der Waals surface area contributed by atoms with Crippen LogP contribution in [0.1, 0.15) is 19.9 Å². The molecule has 0 aliphatic rings. The second kappa shape index (κ2) is 6.52. The number of fused-ring (bicyclic) bond motifs is 3. The molecule has 0 amide bonds. The largest absolute Gasteiger partial charge is 0.480 e. The second-order valence-corrected chi connectivity index (χ2v) is 6.79. The average molecular weight is 381 g/mol. The summed E-state index contributed by atoms with van der Waals surface area (Å²) in [6.45, 7) is 3.46. The maximum Gasteiger partial charge on any atom is 0.327 e. The number of aliphatic carboxylic acids is 1. The molecule has 4 rings (SSSR count). The Morgan fingerprint density at radius 3 is 2.50 bits per heavy atom. The van der Waals surface area contributed by atoms with Gasteiger partial charge in [0.05, 0.1) is 6.20 Å². The lowest BCUT2D eigenvalue weighted by atomic mass is 10.0. The average Bonchev–Trinajstić information content (AvgIpc) is 3.08. The van der Waals surface area contributed by atoms with E-state index in [1.165, 1.54) is 22.8 Å². The Hall–Kier alpha value is -3.62. The summed E-state index contributed by atoms with van der Waals surface area (Å²) in [7, 11) is 0. The van der Waals surface area contributed by atoms with Crippen LogP contribution in [0.15, 0.2) is 47.5 Å². The number of carboxylic acid groups (broad SMARTS) is 1. The fourth-order valence-corrected chi connectivity index (χ4v) is 3.28. The van der Waals surface area contributed by atoms with Crippen LogP contribution in [-0.4, -0.2) is 35.5 Å². The van der Waals surface area contributed by atoms with Crippen LogP contribution in [-0.2, 0) is 4.79 Å². The Morgan fingerprint density at radius 1 is 1.14 bits per heavy atom. The summed E-state index contributed by atoms with van der Waals surface area (Å²) in [5.41, 5.74) is 1.65. The topological polar surface area (TPSA) is 102 Å². The van der Waals surface area contributed by atoms with Crippen LogP contribution in [0.25, 0.3) is 27.8 Å². The number of hydrogen-bond donors (Lipinski definition) is 1. The van der Waals surface area contributed by atoms with E-state index in [1.807, 2.05) is 0 Å². The first-order valence-electron chi connectivity index (χ1n) is 8.62. The molecule has 3 heterocycles. The molecule has 1 N–H and O–H groups in total. The van der Waals surface area contributed by atoms with Crippen LogP contribution in [0, 0.1) is 11.7 Å². The van der Waals surface area contributed by atoms with Gasteiger partial charge in [0.15, 0.2) is 11.2 Å². The zero-order valence-corrected chi connectivity index (χ0v) is 15.1. The number of benzene rings is 1. The zero-order valence-electron chi connectivity index (χ0n) is 15.1. The fraction of sp³-hybridized carbons (Fsp3) is 0.211. The van der Waals surface area contributed by atoms with Crippen molar-refractivity contribution in [2.24, 2.45) is 5.92 Å². The van der Waals surface area contributed by atoms with Gasteiger partial charge in [-0.3, -0.25) is 9.36 Å². The highest BCUT2D eigenvalue weighted by atomic mass is 19.1. The molecule has 0 aliphatic heterocycles. The summed E-state index contributed by atoms with van der Waals surface area (Å²) in [5, 5.41) is 21.9. The maximum absolute atomic E-state index is 13.2. The highest BCUT2D eigenvalue weighted by Gasteiger charge is 2.26. The molecule has 9 heteroatoms. The standard InChI is InChI=1S/C19H16FN5O3/c1-10(2)16(19(27)28)24-8-7-14-15(18(24)26)22-23-17-13(9-21-25(14)17)11-3-5-12(20)6-4-11/h3-10,16H,1-2H3,(H,27,28)/t16-/m0/s1. The first kappa shape index (κ1) is 17.8. The first-order chi connectivity index (χ1) is 13.4. The molecule has 0 aliphatic carbocycles. The van der Waals surface area contributed by atoms with Crippen molar-refractivity contribution in [1.29, 1.82) is 0 Å². The van der Waals surface area contributed by atoms with E-state index in [9.17, 15) is 19.1 Å². The number of carboxylic acids is 1. The quantitative estimate of drug-likeness (QED) is 0.583. The molecule has 4 aromatic rings. The normalized spacial score (nSPS) is 12.7. The Balaban J connectivity index is 1.93. The van der Waals surface area contributed by atoms with Crippen LogP contribution in [0.3, 0.4) is 0 Å². The molecule has 28 heavy (non-hydrogen) atoms. The Bertz CT molecular complexity index is 1260. The van der Waals surface area contributed by atoms with Crippen LogP contribution in [0.5, 0.6) is 0 Å². The SMILES string of the molecule is CC(C)[C@@H](C(=O)O)n1ccc2c(nnc3c(-c4ccc(F)cc4)cnn32)c1=O. The van der Waals surface area contributed by atoms with Crippen LogP contribution in [0.2, 0.25) is 0 Å². The highest BCUT2D eigenvalue weighted by Crippen LogP contribution is 2.25. The van der Waals surface area contributed by atoms with Gasteiger partial charge in [0.2, 0.25) is 0 Å². The lowest BCUT2D eigenvalue weighted by molar-refractivity contribution is -0.142. The van der Waals surface area contributed by atoms with Crippen molar-refractivity contribution in [1.82, 2.24) is 24.4 Å². The van der Waals surface area contributed by atoms with Crippen molar-refractivity contribution < 1.29 is 14.3 Å². The van der Waals surface area contributed by atoms with Gasteiger partial charge in [-0.05, 0) is 29.7 Å². The van der Waals surface area contributed by atoms with Crippen molar-refractivity contribution in [2.45, 2.75) is 19.9 Å². The summed E-state index contributed by atoms with van der Waals surface area (Å²) >= 11 is 0. The van der Waals surface area contributed by atoms with Gasteiger partial charge in [0.1, 0.15) is 17.4 Å². The molecule has 1 atom stereocenters. The monoisotopic (exact) mass is 381 g/mol. The predicted molar refractivity (Wildman–Crippen MR) is 99.5 cm³/mol. The van der Waals surface area contributed by atoms with Crippen LogP contribution in [0.4, 0.5) is 4.39 Å². The third kappa shape index (κ3) is 2.72. The van der Waals surface area contributed by atoms with E-state index in [4.69, 9.17) is 0 Å². The lowest BCUT2D eigenvalue weighted by Crippen LogP contribution is -2.33. The van der Waals surface area contributed by atoms with Crippen molar-refractivity contribution in [3.8, 4) is 11.1 Å². The Labute approximate surface area is 157 Å². The molecule has 0 radical (unpaired) electrons. The molecule has 0 saturated heterocycles. The molecule has 142 valence electrons. The van der Waals surface area contributed by atoms with E-state index in [2.05, 4.69) is 15.3 Å². The molecule has 1 aromatic carbocycles. The minimum Gasteiger partial charge on any atom is -0.480 e. The Morgan fingerprint density at radius 2 is 1.86 bits per heavy atom. The number of aromatic nitrogens is 5. The van der Waals surface area contributed by atoms with Crippen LogP contribution >= 0.6 is 0 Å². The third-order valence-electron chi connectivity index (χ3n) is 4.63. The van der Waals surface area contributed by atoms with Crippen molar-refractivity contribution in [2.75, 3.05) is 0 Å². The second-order valence-electron chi connectivity index (χ2n) is 6.79. The van der Waals surface area contributed by atoms with E-state index in [0.29, 0.717) is 22.3 Å². The highest BCUT2D eigenvalue weighted by molar-refractivity contribution is 5.83. The first-order valence-corrected chi connectivity index (χ1v) is 8.62. The molecule has 0 bridgehead atoms.